The van der Waals surface area contributed by atoms with E-state index in [2.05, 4.69) is 5.32 Å². The maximum Gasteiger partial charge on any atom is 0.230 e. The highest BCUT2D eigenvalue weighted by atomic mass is 32.2. The quantitative estimate of drug-likeness (QED) is 0.855. The van der Waals surface area contributed by atoms with Gasteiger partial charge in [0.15, 0.2) is 0 Å². The predicted molar refractivity (Wildman–Crippen MR) is 77.1 cm³/mol. The molecule has 1 aromatic carbocycles. The average Bonchev–Trinajstić information content (AvgIpc) is 2.85. The monoisotopic (exact) mass is 293 g/mol. The summed E-state index contributed by atoms with van der Waals surface area (Å²) in [5, 5.41) is 2.86. The molecule has 1 aromatic heterocycles. The third kappa shape index (κ3) is 4.13. The second kappa shape index (κ2) is 6.61. The standard InChI is InChI=1S/C15H16FNO2S/c1-10-3-8-14(19-10)11(2)17-15(18)9-20-13-6-4-12(16)5-7-13/h3-8,11H,9H2,1-2H3,(H,17,18). The van der Waals surface area contributed by atoms with Crippen molar-refractivity contribution >= 4 is 17.7 Å². The highest BCUT2D eigenvalue weighted by Crippen LogP contribution is 2.19. The molecule has 3 nitrogen and oxygen atoms in total. The summed E-state index contributed by atoms with van der Waals surface area (Å²) >= 11 is 1.37. The number of carbonyl (C=O) groups is 1. The molecule has 2 aromatic rings. The number of rotatable bonds is 5. The molecule has 1 atom stereocenters. The molecule has 106 valence electrons. The van der Waals surface area contributed by atoms with Crippen LogP contribution in [0.15, 0.2) is 45.7 Å². The number of benzene rings is 1. The van der Waals surface area contributed by atoms with Crippen molar-refractivity contribution in [3.63, 3.8) is 0 Å². The fourth-order valence-electron chi connectivity index (χ4n) is 1.72. The molecule has 0 bridgehead atoms. The first-order chi connectivity index (χ1) is 9.54. The summed E-state index contributed by atoms with van der Waals surface area (Å²) in [7, 11) is 0. The van der Waals surface area contributed by atoms with Crippen molar-refractivity contribution in [3.8, 4) is 0 Å². The second-order valence-corrected chi connectivity index (χ2v) is 5.53. The van der Waals surface area contributed by atoms with Gasteiger partial charge in [-0.25, -0.2) is 4.39 Å². The van der Waals surface area contributed by atoms with Gasteiger partial charge < -0.3 is 9.73 Å². The fraction of sp³-hybridized carbons (Fsp3) is 0.267. The number of carbonyl (C=O) groups excluding carboxylic acids is 1. The minimum Gasteiger partial charge on any atom is -0.464 e. The summed E-state index contributed by atoms with van der Waals surface area (Å²) in [4.78, 5) is 12.7. The van der Waals surface area contributed by atoms with Gasteiger partial charge in [0.05, 0.1) is 11.8 Å². The SMILES string of the molecule is Cc1ccc(C(C)NC(=O)CSc2ccc(F)cc2)o1. The minimum atomic E-state index is -0.277. The van der Waals surface area contributed by atoms with Gasteiger partial charge in [-0.05, 0) is 50.2 Å². The molecule has 1 N–H and O–H groups in total. The van der Waals surface area contributed by atoms with Gasteiger partial charge in [-0.15, -0.1) is 11.8 Å². The number of furan rings is 1. The Balaban J connectivity index is 1.82. The second-order valence-electron chi connectivity index (χ2n) is 4.48. The lowest BCUT2D eigenvalue weighted by Crippen LogP contribution is -2.27. The molecule has 1 unspecified atom stereocenters. The van der Waals surface area contributed by atoms with Gasteiger partial charge in [-0.3, -0.25) is 4.79 Å². The maximum absolute atomic E-state index is 12.7. The summed E-state index contributed by atoms with van der Waals surface area (Å²) in [5.74, 6) is 1.49. The van der Waals surface area contributed by atoms with Crippen LogP contribution < -0.4 is 5.32 Å². The van der Waals surface area contributed by atoms with Crippen molar-refractivity contribution < 1.29 is 13.6 Å². The van der Waals surface area contributed by atoms with Gasteiger partial charge in [0, 0.05) is 4.90 Å². The molecule has 0 fully saturated rings. The van der Waals surface area contributed by atoms with Crippen molar-refractivity contribution in [2.45, 2.75) is 24.8 Å². The zero-order valence-electron chi connectivity index (χ0n) is 11.4. The molecule has 2 rings (SSSR count). The molecule has 1 heterocycles. The largest absolute Gasteiger partial charge is 0.464 e. The van der Waals surface area contributed by atoms with Crippen LogP contribution in [0.1, 0.15) is 24.5 Å². The molecule has 0 radical (unpaired) electrons. The van der Waals surface area contributed by atoms with Crippen molar-refractivity contribution in [1.29, 1.82) is 0 Å². The van der Waals surface area contributed by atoms with Gasteiger partial charge in [0.1, 0.15) is 17.3 Å². The summed E-state index contributed by atoms with van der Waals surface area (Å²) in [6.07, 6.45) is 0. The Labute approximate surface area is 121 Å². The molecule has 0 aliphatic rings. The van der Waals surface area contributed by atoms with E-state index in [-0.39, 0.29) is 23.5 Å². The van der Waals surface area contributed by atoms with E-state index in [1.54, 1.807) is 12.1 Å². The van der Waals surface area contributed by atoms with E-state index in [4.69, 9.17) is 4.42 Å². The summed E-state index contributed by atoms with van der Waals surface area (Å²) in [6, 6.07) is 9.64. The first-order valence-corrected chi connectivity index (χ1v) is 7.27. The Kier molecular flexibility index (Phi) is 4.84. The summed E-state index contributed by atoms with van der Waals surface area (Å²) < 4.78 is 18.2. The minimum absolute atomic E-state index is 0.0825. The molecule has 0 spiro atoms. The first-order valence-electron chi connectivity index (χ1n) is 6.28. The van der Waals surface area contributed by atoms with Crippen molar-refractivity contribution in [2.75, 3.05) is 5.75 Å². The topological polar surface area (TPSA) is 42.2 Å². The highest BCUT2D eigenvalue weighted by Gasteiger charge is 2.12. The van der Waals surface area contributed by atoms with Gasteiger partial charge in [0.25, 0.3) is 0 Å². The predicted octanol–water partition coefficient (Wildman–Crippen LogP) is 3.70. The van der Waals surface area contributed by atoms with Crippen LogP contribution in [0, 0.1) is 12.7 Å². The lowest BCUT2D eigenvalue weighted by molar-refractivity contribution is -0.119. The Hall–Kier alpha value is -1.75. The van der Waals surface area contributed by atoms with Crippen LogP contribution in [0.5, 0.6) is 0 Å². The molecule has 20 heavy (non-hydrogen) atoms. The Morgan fingerprint density at radius 2 is 2.00 bits per heavy atom. The number of halogens is 1. The first kappa shape index (κ1) is 14.7. The Morgan fingerprint density at radius 3 is 2.60 bits per heavy atom. The van der Waals surface area contributed by atoms with E-state index in [1.807, 2.05) is 26.0 Å². The third-order valence-electron chi connectivity index (χ3n) is 2.75. The van der Waals surface area contributed by atoms with Crippen LogP contribution in [-0.2, 0) is 4.79 Å². The van der Waals surface area contributed by atoms with E-state index < -0.39 is 0 Å². The van der Waals surface area contributed by atoms with E-state index in [9.17, 15) is 9.18 Å². The lowest BCUT2D eigenvalue weighted by atomic mass is 10.2. The lowest BCUT2D eigenvalue weighted by Gasteiger charge is -2.11. The molecule has 5 heteroatoms. The number of nitrogens with one attached hydrogen (secondary N) is 1. The van der Waals surface area contributed by atoms with Gasteiger partial charge in [-0.2, -0.15) is 0 Å². The average molecular weight is 293 g/mol. The number of amides is 1. The Bertz CT molecular complexity index is 580. The van der Waals surface area contributed by atoms with Gasteiger partial charge in [0.2, 0.25) is 5.91 Å². The van der Waals surface area contributed by atoms with Crippen LogP contribution in [0.4, 0.5) is 4.39 Å². The number of thioether (sulfide) groups is 1. The van der Waals surface area contributed by atoms with E-state index in [1.165, 1.54) is 23.9 Å². The van der Waals surface area contributed by atoms with E-state index >= 15 is 0 Å². The highest BCUT2D eigenvalue weighted by molar-refractivity contribution is 8.00. The fourth-order valence-corrected chi connectivity index (χ4v) is 2.43. The van der Waals surface area contributed by atoms with Crippen molar-refractivity contribution in [2.24, 2.45) is 0 Å². The molecule has 1 amide bonds. The maximum atomic E-state index is 12.7. The number of hydrogen-bond acceptors (Lipinski definition) is 3. The zero-order chi connectivity index (χ0) is 14.5. The number of hydrogen-bond donors (Lipinski definition) is 1. The summed E-state index contributed by atoms with van der Waals surface area (Å²) in [6.45, 7) is 3.74. The third-order valence-corrected chi connectivity index (χ3v) is 3.76. The molecule has 0 aliphatic heterocycles. The van der Waals surface area contributed by atoms with Crippen LogP contribution in [0.3, 0.4) is 0 Å². The summed E-state index contributed by atoms with van der Waals surface area (Å²) in [5.41, 5.74) is 0. The van der Waals surface area contributed by atoms with Crippen LogP contribution in [-0.4, -0.2) is 11.7 Å². The van der Waals surface area contributed by atoms with Crippen LogP contribution >= 0.6 is 11.8 Å². The van der Waals surface area contributed by atoms with Gasteiger partial charge in [-0.1, -0.05) is 0 Å². The Morgan fingerprint density at radius 1 is 1.30 bits per heavy atom. The van der Waals surface area contributed by atoms with Crippen molar-refractivity contribution in [1.82, 2.24) is 5.32 Å². The van der Waals surface area contributed by atoms with Crippen molar-refractivity contribution in [3.05, 3.63) is 53.7 Å². The zero-order valence-corrected chi connectivity index (χ0v) is 12.2. The van der Waals surface area contributed by atoms with E-state index in [0.29, 0.717) is 0 Å². The number of aryl methyl sites for hydroxylation is 1. The molecule has 0 saturated carbocycles. The van der Waals surface area contributed by atoms with Crippen LogP contribution in [0.25, 0.3) is 0 Å². The van der Waals surface area contributed by atoms with E-state index in [0.717, 1.165) is 16.4 Å². The smallest absolute Gasteiger partial charge is 0.230 e. The molecular formula is C15H16FNO2S. The van der Waals surface area contributed by atoms with Crippen LogP contribution in [0.2, 0.25) is 0 Å². The molecular weight excluding hydrogens is 277 g/mol. The molecule has 0 saturated heterocycles. The normalized spacial score (nSPS) is 12.2. The molecule has 0 aliphatic carbocycles. The van der Waals surface area contributed by atoms with Gasteiger partial charge >= 0.3 is 0 Å².